The van der Waals surface area contributed by atoms with E-state index in [0.29, 0.717) is 35.5 Å². The summed E-state index contributed by atoms with van der Waals surface area (Å²) in [6.07, 6.45) is 0.111. The number of ether oxygens (including phenoxy) is 1. The molecule has 1 aromatic carbocycles. The van der Waals surface area contributed by atoms with Crippen LogP contribution in [0.4, 0.5) is 18.9 Å². The van der Waals surface area contributed by atoms with Gasteiger partial charge in [0, 0.05) is 35.3 Å². The number of rotatable bonds is 10. The van der Waals surface area contributed by atoms with Gasteiger partial charge in [0.15, 0.2) is 0 Å². The van der Waals surface area contributed by atoms with Crippen LogP contribution in [0.1, 0.15) is 38.2 Å². The Morgan fingerprint density at radius 1 is 1.21 bits per heavy atom. The van der Waals surface area contributed by atoms with Crippen LogP contribution in [-0.2, 0) is 15.7 Å². The van der Waals surface area contributed by atoms with Gasteiger partial charge in [-0.2, -0.15) is 13.2 Å². The molecule has 0 N–H and O–H groups in total. The molecule has 158 valence electrons. The summed E-state index contributed by atoms with van der Waals surface area (Å²) in [6.45, 7) is 6.97. The SMILES string of the molecule is C=CC(=O)OCCCCCCN(CC)c1cc(=O)sc2cc(C(F)(F)F)ccc12. The summed E-state index contributed by atoms with van der Waals surface area (Å²) >= 11 is 0.825. The molecule has 1 heterocycles. The lowest BCUT2D eigenvalue weighted by Crippen LogP contribution is -2.25. The minimum atomic E-state index is -4.44. The molecule has 4 nitrogen and oxygen atoms in total. The molecule has 0 unspecified atom stereocenters. The van der Waals surface area contributed by atoms with Crippen molar-refractivity contribution in [1.29, 1.82) is 0 Å². The molecule has 29 heavy (non-hydrogen) atoms. The van der Waals surface area contributed by atoms with E-state index in [1.165, 1.54) is 12.1 Å². The van der Waals surface area contributed by atoms with Crippen molar-refractivity contribution in [2.24, 2.45) is 0 Å². The Hall–Kier alpha value is -2.35. The lowest BCUT2D eigenvalue weighted by atomic mass is 10.1. The fourth-order valence-corrected chi connectivity index (χ4v) is 3.88. The summed E-state index contributed by atoms with van der Waals surface area (Å²) in [6, 6.07) is 5.04. The van der Waals surface area contributed by atoms with Crippen LogP contribution in [0.15, 0.2) is 41.7 Å². The highest BCUT2D eigenvalue weighted by molar-refractivity contribution is 7.16. The monoisotopic (exact) mass is 427 g/mol. The predicted molar refractivity (Wildman–Crippen MR) is 111 cm³/mol. The minimum Gasteiger partial charge on any atom is -0.463 e. The van der Waals surface area contributed by atoms with Gasteiger partial charge in [0.1, 0.15) is 0 Å². The Kier molecular flexibility index (Phi) is 8.25. The van der Waals surface area contributed by atoms with Gasteiger partial charge in [-0.3, -0.25) is 4.79 Å². The van der Waals surface area contributed by atoms with Gasteiger partial charge in [-0.25, -0.2) is 4.79 Å². The smallest absolute Gasteiger partial charge is 0.416 e. The van der Waals surface area contributed by atoms with Crippen LogP contribution < -0.4 is 9.64 Å². The Balaban J connectivity index is 2.04. The number of carbonyl (C=O) groups excluding carboxylic acids is 1. The molecule has 0 saturated heterocycles. The fourth-order valence-electron chi connectivity index (χ4n) is 3.02. The molecule has 0 aliphatic rings. The fraction of sp³-hybridized carbons (Fsp3) is 0.429. The molecular formula is C21H24F3NO3S. The lowest BCUT2D eigenvalue weighted by molar-refractivity contribution is -0.138. The second kappa shape index (κ2) is 10.4. The average molecular weight is 427 g/mol. The standard InChI is InChI=1S/C21H24F3NO3S/c1-3-19(26)28-12-8-6-5-7-11-25(4-2)17-14-20(27)29-18-13-15(21(22,23)24)9-10-16(17)18/h3,9-10,13-14H,1,4-8,11-12H2,2H3. The average Bonchev–Trinajstić information content (AvgIpc) is 2.68. The first kappa shape index (κ1) is 22.9. The van der Waals surface area contributed by atoms with Gasteiger partial charge in [-0.15, -0.1) is 0 Å². The predicted octanol–water partition coefficient (Wildman–Crippen LogP) is 5.40. The largest absolute Gasteiger partial charge is 0.463 e. The zero-order valence-electron chi connectivity index (χ0n) is 16.3. The first-order valence-corrected chi connectivity index (χ1v) is 10.3. The van der Waals surface area contributed by atoms with Gasteiger partial charge < -0.3 is 9.64 Å². The van der Waals surface area contributed by atoms with E-state index < -0.39 is 17.7 Å². The quantitative estimate of drug-likeness (QED) is 0.290. The lowest BCUT2D eigenvalue weighted by Gasteiger charge is -2.24. The summed E-state index contributed by atoms with van der Waals surface area (Å²) < 4.78 is 43.9. The van der Waals surface area contributed by atoms with Crippen LogP contribution in [0.25, 0.3) is 10.1 Å². The minimum absolute atomic E-state index is 0.269. The van der Waals surface area contributed by atoms with E-state index in [1.807, 2.05) is 11.8 Å². The Labute approximate surface area is 171 Å². The number of hydrogen-bond donors (Lipinski definition) is 0. The van der Waals surface area contributed by atoms with Crippen LogP contribution in [0, 0.1) is 0 Å². The summed E-state index contributed by atoms with van der Waals surface area (Å²) in [5.41, 5.74) is -0.0853. The van der Waals surface area contributed by atoms with Crippen molar-refractivity contribution in [3.8, 4) is 0 Å². The van der Waals surface area contributed by atoms with Crippen LogP contribution in [0.3, 0.4) is 0 Å². The maximum atomic E-state index is 13.0. The van der Waals surface area contributed by atoms with Gasteiger partial charge in [0.25, 0.3) is 0 Å². The molecule has 0 aliphatic heterocycles. The number of benzene rings is 1. The number of unbranched alkanes of at least 4 members (excludes halogenated alkanes) is 3. The second-order valence-corrected chi connectivity index (χ2v) is 7.57. The van der Waals surface area contributed by atoms with Crippen molar-refractivity contribution in [2.45, 2.75) is 38.8 Å². The number of carbonyl (C=O) groups is 1. The zero-order chi connectivity index (χ0) is 21.4. The summed E-state index contributed by atoms with van der Waals surface area (Å²) in [4.78, 5) is 25.1. The molecule has 0 saturated carbocycles. The highest BCUT2D eigenvalue weighted by atomic mass is 32.1. The third kappa shape index (κ3) is 6.59. The molecule has 0 bridgehead atoms. The first-order valence-electron chi connectivity index (χ1n) is 9.45. The Morgan fingerprint density at radius 2 is 1.93 bits per heavy atom. The van der Waals surface area contributed by atoms with E-state index in [1.54, 1.807) is 0 Å². The molecule has 0 atom stereocenters. The van der Waals surface area contributed by atoms with E-state index in [-0.39, 0.29) is 4.74 Å². The number of alkyl halides is 3. The van der Waals surface area contributed by atoms with Gasteiger partial charge >= 0.3 is 12.1 Å². The number of esters is 1. The molecular weight excluding hydrogens is 403 g/mol. The molecule has 8 heteroatoms. The molecule has 1 aromatic heterocycles. The number of hydrogen-bond acceptors (Lipinski definition) is 5. The zero-order valence-corrected chi connectivity index (χ0v) is 17.1. The van der Waals surface area contributed by atoms with Crippen molar-refractivity contribution in [3.05, 3.63) is 52.0 Å². The molecule has 0 aliphatic carbocycles. The van der Waals surface area contributed by atoms with Gasteiger partial charge in [0.2, 0.25) is 4.74 Å². The van der Waals surface area contributed by atoms with Crippen LogP contribution in [0.5, 0.6) is 0 Å². The van der Waals surface area contributed by atoms with Crippen molar-refractivity contribution >= 4 is 33.1 Å². The molecule has 0 spiro atoms. The first-order chi connectivity index (χ1) is 13.8. The Morgan fingerprint density at radius 3 is 2.59 bits per heavy atom. The molecule has 0 amide bonds. The highest BCUT2D eigenvalue weighted by Gasteiger charge is 2.30. The van der Waals surface area contributed by atoms with E-state index in [4.69, 9.17) is 4.74 Å². The van der Waals surface area contributed by atoms with Crippen LogP contribution >= 0.6 is 11.3 Å². The third-order valence-corrected chi connectivity index (χ3v) is 5.38. The molecule has 2 aromatic rings. The maximum absolute atomic E-state index is 13.0. The topological polar surface area (TPSA) is 46.6 Å². The normalized spacial score (nSPS) is 11.4. The van der Waals surface area contributed by atoms with E-state index in [9.17, 15) is 22.8 Å². The van der Waals surface area contributed by atoms with Crippen LogP contribution in [-0.4, -0.2) is 25.7 Å². The van der Waals surface area contributed by atoms with Crippen molar-refractivity contribution in [1.82, 2.24) is 0 Å². The second-order valence-electron chi connectivity index (χ2n) is 6.52. The number of anilines is 1. The van der Waals surface area contributed by atoms with Crippen molar-refractivity contribution in [3.63, 3.8) is 0 Å². The third-order valence-electron chi connectivity index (χ3n) is 4.51. The molecule has 0 fully saturated rings. The van der Waals surface area contributed by atoms with E-state index >= 15 is 0 Å². The van der Waals surface area contributed by atoms with Gasteiger partial charge in [-0.1, -0.05) is 30.4 Å². The summed E-state index contributed by atoms with van der Waals surface area (Å²) in [7, 11) is 0. The number of nitrogens with zero attached hydrogens (tertiary/aromatic N) is 1. The number of halogens is 3. The Bertz CT molecular complexity index is 908. The maximum Gasteiger partial charge on any atom is 0.416 e. The molecule has 0 radical (unpaired) electrons. The van der Waals surface area contributed by atoms with Crippen molar-refractivity contribution < 1.29 is 22.7 Å². The van der Waals surface area contributed by atoms with E-state index in [2.05, 4.69) is 6.58 Å². The van der Waals surface area contributed by atoms with Gasteiger partial charge in [0.05, 0.1) is 17.9 Å². The van der Waals surface area contributed by atoms with Crippen LogP contribution in [0.2, 0.25) is 0 Å². The highest BCUT2D eigenvalue weighted by Crippen LogP contribution is 2.35. The van der Waals surface area contributed by atoms with Crippen molar-refractivity contribution in [2.75, 3.05) is 24.6 Å². The summed E-state index contributed by atoms with van der Waals surface area (Å²) in [5, 5.41) is 0.654. The van der Waals surface area contributed by atoms with E-state index in [0.717, 1.165) is 55.2 Å². The van der Waals surface area contributed by atoms with Gasteiger partial charge in [-0.05, 0) is 38.3 Å². The summed E-state index contributed by atoms with van der Waals surface area (Å²) in [5.74, 6) is -0.429. The molecule has 2 rings (SSSR count). The number of fused-ring (bicyclic) bond motifs is 1.